The van der Waals surface area contributed by atoms with Crippen molar-refractivity contribution in [2.75, 3.05) is 39.3 Å². The monoisotopic (exact) mass is 368 g/mol. The zero-order chi connectivity index (χ0) is 19.1. The summed E-state index contributed by atoms with van der Waals surface area (Å²) in [7, 11) is 0. The Balaban J connectivity index is 1.65. The maximum absolute atomic E-state index is 12.0. The molecule has 1 atom stereocenters. The molecule has 1 fully saturated rings. The molecule has 0 spiro atoms. The number of hydrogen-bond donors (Lipinski definition) is 2. The van der Waals surface area contributed by atoms with Crippen LogP contribution in [0.1, 0.15) is 24.4 Å². The van der Waals surface area contributed by atoms with Crippen LogP contribution >= 0.6 is 0 Å². The fourth-order valence-electron chi connectivity index (χ4n) is 3.69. The lowest BCUT2D eigenvalue weighted by Crippen LogP contribution is -2.49. The van der Waals surface area contributed by atoms with Crippen molar-refractivity contribution in [3.8, 4) is 11.1 Å². The molecule has 1 unspecified atom stereocenters. The summed E-state index contributed by atoms with van der Waals surface area (Å²) in [4.78, 5) is 16.4. The number of benzene rings is 2. The fraction of sp³-hybridized carbons (Fsp3) is 0.409. The van der Waals surface area contributed by atoms with Crippen molar-refractivity contribution in [1.82, 2.24) is 9.80 Å². The lowest BCUT2D eigenvalue weighted by atomic mass is 9.99. The Morgan fingerprint density at radius 1 is 0.889 bits per heavy atom. The average molecular weight is 368 g/mol. The first-order chi connectivity index (χ1) is 13.2. The number of nitrogens with zero attached hydrogens (tertiary/aromatic N) is 2. The highest BCUT2D eigenvalue weighted by Crippen LogP contribution is 2.26. The molecule has 1 heterocycles. The zero-order valence-electron chi connectivity index (χ0n) is 15.6. The molecule has 2 aromatic rings. The number of carbonyl (C=O) groups is 1. The van der Waals surface area contributed by atoms with E-state index in [2.05, 4.69) is 21.9 Å². The van der Waals surface area contributed by atoms with Crippen LogP contribution in [0.2, 0.25) is 0 Å². The number of hydrogen-bond acceptors (Lipinski definition) is 4. The first kappa shape index (κ1) is 19.5. The smallest absolute Gasteiger partial charge is 0.325 e. The molecule has 0 bridgehead atoms. The molecule has 3 rings (SSSR count). The van der Waals surface area contributed by atoms with Gasteiger partial charge in [-0.2, -0.15) is 0 Å². The van der Waals surface area contributed by atoms with E-state index in [4.69, 9.17) is 5.11 Å². The summed E-state index contributed by atoms with van der Waals surface area (Å²) in [6.07, 6.45) is 1.81. The molecule has 0 radical (unpaired) electrons. The summed E-state index contributed by atoms with van der Waals surface area (Å²) in [6.45, 7) is 4.44. The molecule has 1 saturated heterocycles. The summed E-state index contributed by atoms with van der Waals surface area (Å²) in [6, 6.07) is 17.4. The van der Waals surface area contributed by atoms with Gasteiger partial charge in [0, 0.05) is 32.8 Å². The molecule has 0 aliphatic carbocycles. The van der Waals surface area contributed by atoms with Gasteiger partial charge in [0.2, 0.25) is 0 Å². The standard InChI is InChI=1S/C22H28N2O3/c25-17-5-4-12-23-13-15-24(16-14-23)21(22(26)27)20-10-8-19(9-11-20)18-6-2-1-3-7-18/h1-3,6-11,21,25H,4-5,12-17H2,(H,26,27). The Labute approximate surface area is 160 Å². The van der Waals surface area contributed by atoms with Gasteiger partial charge in [0.05, 0.1) is 0 Å². The lowest BCUT2D eigenvalue weighted by molar-refractivity contribution is -0.144. The first-order valence-electron chi connectivity index (χ1n) is 9.64. The van der Waals surface area contributed by atoms with Gasteiger partial charge in [-0.1, -0.05) is 54.6 Å². The summed E-state index contributed by atoms with van der Waals surface area (Å²) in [5.41, 5.74) is 3.06. The molecule has 27 heavy (non-hydrogen) atoms. The predicted molar refractivity (Wildman–Crippen MR) is 107 cm³/mol. The van der Waals surface area contributed by atoms with E-state index in [9.17, 15) is 9.90 Å². The van der Waals surface area contributed by atoms with Crippen molar-refractivity contribution >= 4 is 5.97 Å². The maximum atomic E-state index is 12.0. The summed E-state index contributed by atoms with van der Waals surface area (Å²) >= 11 is 0. The third kappa shape index (κ3) is 5.16. The van der Waals surface area contributed by atoms with Crippen LogP contribution in [0, 0.1) is 0 Å². The van der Waals surface area contributed by atoms with Gasteiger partial charge in [-0.25, -0.2) is 0 Å². The normalized spacial score (nSPS) is 16.9. The second-order valence-corrected chi connectivity index (χ2v) is 7.04. The third-order valence-corrected chi connectivity index (χ3v) is 5.22. The van der Waals surface area contributed by atoms with Crippen molar-refractivity contribution in [3.05, 3.63) is 60.2 Å². The van der Waals surface area contributed by atoms with Gasteiger partial charge >= 0.3 is 5.97 Å². The SMILES string of the molecule is O=C(O)C(c1ccc(-c2ccccc2)cc1)N1CCN(CCCCO)CC1. The summed E-state index contributed by atoms with van der Waals surface area (Å²) in [5, 5.41) is 18.7. The molecule has 5 nitrogen and oxygen atoms in total. The van der Waals surface area contributed by atoms with Gasteiger partial charge in [0.15, 0.2) is 0 Å². The third-order valence-electron chi connectivity index (χ3n) is 5.22. The Morgan fingerprint density at radius 3 is 2.11 bits per heavy atom. The predicted octanol–water partition coefficient (Wildman–Crippen LogP) is 2.87. The van der Waals surface area contributed by atoms with Gasteiger partial charge in [0.1, 0.15) is 6.04 Å². The Morgan fingerprint density at radius 2 is 1.52 bits per heavy atom. The highest BCUT2D eigenvalue weighted by molar-refractivity contribution is 5.76. The van der Waals surface area contributed by atoms with Crippen LogP contribution in [0.5, 0.6) is 0 Å². The Hall–Kier alpha value is -2.21. The molecule has 0 aromatic heterocycles. The minimum Gasteiger partial charge on any atom is -0.480 e. The second kappa shape index (κ2) is 9.65. The molecule has 0 saturated carbocycles. The van der Waals surface area contributed by atoms with E-state index in [1.165, 1.54) is 0 Å². The molecule has 5 heteroatoms. The number of aliphatic carboxylic acids is 1. The molecule has 144 valence electrons. The van der Waals surface area contributed by atoms with Crippen LogP contribution in [0.25, 0.3) is 11.1 Å². The van der Waals surface area contributed by atoms with E-state index in [1.807, 2.05) is 42.5 Å². The van der Waals surface area contributed by atoms with Crippen LogP contribution in [-0.2, 0) is 4.79 Å². The van der Waals surface area contributed by atoms with Crippen molar-refractivity contribution < 1.29 is 15.0 Å². The largest absolute Gasteiger partial charge is 0.480 e. The second-order valence-electron chi connectivity index (χ2n) is 7.04. The van der Waals surface area contributed by atoms with E-state index in [0.29, 0.717) is 0 Å². The quantitative estimate of drug-likeness (QED) is 0.702. The molecular weight excluding hydrogens is 340 g/mol. The number of carboxylic acid groups (broad SMARTS) is 1. The lowest BCUT2D eigenvalue weighted by Gasteiger charge is -2.37. The van der Waals surface area contributed by atoms with Crippen LogP contribution in [0.3, 0.4) is 0 Å². The van der Waals surface area contributed by atoms with Crippen LogP contribution < -0.4 is 0 Å². The van der Waals surface area contributed by atoms with E-state index in [1.54, 1.807) is 0 Å². The Kier molecular flexibility index (Phi) is 6.98. The van der Waals surface area contributed by atoms with E-state index in [-0.39, 0.29) is 6.61 Å². The highest BCUT2D eigenvalue weighted by atomic mass is 16.4. The van der Waals surface area contributed by atoms with E-state index in [0.717, 1.165) is 62.3 Å². The van der Waals surface area contributed by atoms with E-state index < -0.39 is 12.0 Å². The molecular formula is C22H28N2O3. The van der Waals surface area contributed by atoms with Gasteiger partial charge in [-0.3, -0.25) is 9.69 Å². The highest BCUT2D eigenvalue weighted by Gasteiger charge is 2.30. The number of aliphatic hydroxyl groups is 1. The summed E-state index contributed by atoms with van der Waals surface area (Å²) in [5.74, 6) is -0.795. The molecule has 1 aliphatic heterocycles. The van der Waals surface area contributed by atoms with Gasteiger partial charge in [0.25, 0.3) is 0 Å². The van der Waals surface area contributed by atoms with Crippen LogP contribution in [0.15, 0.2) is 54.6 Å². The number of carboxylic acids is 1. The maximum Gasteiger partial charge on any atom is 0.325 e. The number of piperazine rings is 1. The van der Waals surface area contributed by atoms with Gasteiger partial charge in [-0.05, 0) is 36.1 Å². The fourth-order valence-corrected chi connectivity index (χ4v) is 3.69. The van der Waals surface area contributed by atoms with Crippen molar-refractivity contribution in [2.24, 2.45) is 0 Å². The van der Waals surface area contributed by atoms with Gasteiger partial charge < -0.3 is 15.1 Å². The molecule has 2 aromatic carbocycles. The molecule has 0 amide bonds. The number of aliphatic hydroxyl groups excluding tert-OH is 1. The summed E-state index contributed by atoms with van der Waals surface area (Å²) < 4.78 is 0. The first-order valence-corrected chi connectivity index (χ1v) is 9.64. The molecule has 2 N–H and O–H groups in total. The van der Waals surface area contributed by atoms with Crippen molar-refractivity contribution in [2.45, 2.75) is 18.9 Å². The van der Waals surface area contributed by atoms with Crippen LogP contribution in [-0.4, -0.2) is 65.3 Å². The van der Waals surface area contributed by atoms with Crippen molar-refractivity contribution in [3.63, 3.8) is 0 Å². The molecule has 1 aliphatic rings. The number of rotatable bonds is 8. The van der Waals surface area contributed by atoms with Gasteiger partial charge in [-0.15, -0.1) is 0 Å². The minimum atomic E-state index is -0.795. The van der Waals surface area contributed by atoms with Crippen LogP contribution in [0.4, 0.5) is 0 Å². The Bertz CT molecular complexity index is 710. The average Bonchev–Trinajstić information content (AvgIpc) is 2.70. The van der Waals surface area contributed by atoms with E-state index >= 15 is 0 Å². The topological polar surface area (TPSA) is 64.0 Å². The zero-order valence-corrected chi connectivity index (χ0v) is 15.6. The number of unbranched alkanes of at least 4 members (excludes halogenated alkanes) is 1. The minimum absolute atomic E-state index is 0.236. The van der Waals surface area contributed by atoms with Crippen molar-refractivity contribution in [1.29, 1.82) is 0 Å².